The molecule has 0 bridgehead atoms. The highest BCUT2D eigenvalue weighted by molar-refractivity contribution is 6.34. The van der Waals surface area contributed by atoms with Crippen LogP contribution in [0.2, 0.25) is 5.02 Å². The first-order valence-electron chi connectivity index (χ1n) is 8.51. The molecular formula is C19H20ClN3O4. The van der Waals surface area contributed by atoms with Gasteiger partial charge >= 0.3 is 0 Å². The minimum atomic E-state index is -0.563. The number of nitro benzene ring substituents is 1. The first-order valence-corrected chi connectivity index (χ1v) is 8.89. The van der Waals surface area contributed by atoms with Crippen LogP contribution < -0.4 is 10.6 Å². The fourth-order valence-electron chi connectivity index (χ4n) is 2.52. The lowest BCUT2D eigenvalue weighted by Gasteiger charge is -2.13. The predicted molar refractivity (Wildman–Crippen MR) is 105 cm³/mol. The van der Waals surface area contributed by atoms with Gasteiger partial charge in [0.15, 0.2) is 0 Å². The molecule has 0 aliphatic heterocycles. The summed E-state index contributed by atoms with van der Waals surface area (Å²) in [6.07, 6.45) is 1.53. The third-order valence-corrected chi connectivity index (χ3v) is 4.50. The van der Waals surface area contributed by atoms with Crippen LogP contribution in [0.15, 0.2) is 42.5 Å². The summed E-state index contributed by atoms with van der Waals surface area (Å²) in [4.78, 5) is 34.6. The number of carbonyl (C=O) groups excluding carboxylic acids is 2. The van der Waals surface area contributed by atoms with Gasteiger partial charge in [-0.25, -0.2) is 0 Å². The minimum absolute atomic E-state index is 0.0442. The van der Waals surface area contributed by atoms with Gasteiger partial charge < -0.3 is 10.6 Å². The van der Waals surface area contributed by atoms with Gasteiger partial charge in [-0.1, -0.05) is 25.4 Å². The molecule has 0 radical (unpaired) electrons. The third kappa shape index (κ3) is 5.27. The number of nitrogens with zero attached hydrogens (tertiary/aromatic N) is 1. The highest BCUT2D eigenvalue weighted by atomic mass is 35.5. The van der Waals surface area contributed by atoms with E-state index in [9.17, 15) is 19.7 Å². The Hall–Kier alpha value is -2.93. The molecule has 7 nitrogen and oxygen atoms in total. The van der Waals surface area contributed by atoms with E-state index in [2.05, 4.69) is 10.6 Å². The van der Waals surface area contributed by atoms with Crippen molar-refractivity contribution in [1.29, 1.82) is 0 Å². The monoisotopic (exact) mass is 389 g/mol. The molecule has 2 rings (SSSR count). The van der Waals surface area contributed by atoms with Gasteiger partial charge in [0.2, 0.25) is 5.91 Å². The van der Waals surface area contributed by atoms with Crippen LogP contribution in [0.1, 0.15) is 37.0 Å². The van der Waals surface area contributed by atoms with E-state index in [1.165, 1.54) is 18.2 Å². The smallest absolute Gasteiger partial charge is 0.271 e. The van der Waals surface area contributed by atoms with Crippen molar-refractivity contribution >= 4 is 40.5 Å². The van der Waals surface area contributed by atoms with Crippen molar-refractivity contribution in [2.45, 2.75) is 26.7 Å². The second-order valence-electron chi connectivity index (χ2n) is 5.96. The molecule has 8 heteroatoms. The van der Waals surface area contributed by atoms with E-state index in [-0.39, 0.29) is 28.2 Å². The molecule has 0 unspecified atom stereocenters. The Labute approximate surface area is 161 Å². The maximum Gasteiger partial charge on any atom is 0.271 e. The average Bonchev–Trinajstić information content (AvgIpc) is 2.64. The van der Waals surface area contributed by atoms with Crippen LogP contribution in [0.3, 0.4) is 0 Å². The van der Waals surface area contributed by atoms with Crippen molar-refractivity contribution in [2.75, 3.05) is 10.6 Å². The summed E-state index contributed by atoms with van der Waals surface area (Å²) in [6.45, 7) is 3.93. The number of hydrogen-bond donors (Lipinski definition) is 2. The third-order valence-electron chi connectivity index (χ3n) is 4.18. The van der Waals surface area contributed by atoms with Crippen LogP contribution in [0.4, 0.5) is 17.1 Å². The Bertz CT molecular complexity index is 849. The maximum absolute atomic E-state index is 12.3. The number of nitrogens with one attached hydrogen (secondary N) is 2. The molecule has 2 N–H and O–H groups in total. The van der Waals surface area contributed by atoms with Crippen molar-refractivity contribution in [3.8, 4) is 0 Å². The molecule has 0 aliphatic rings. The standard InChI is InChI=1S/C19H20ClN3O4/c1-3-12(4-2)18(24)21-14-7-5-13(6-8-14)19(25)22-17-10-9-15(23(26)27)11-16(17)20/h5-12H,3-4H2,1-2H3,(H,21,24)(H,22,25). The molecule has 0 spiro atoms. The molecule has 0 saturated carbocycles. The van der Waals surface area contributed by atoms with E-state index in [0.717, 1.165) is 12.8 Å². The highest BCUT2D eigenvalue weighted by Crippen LogP contribution is 2.27. The van der Waals surface area contributed by atoms with Crippen molar-refractivity contribution in [1.82, 2.24) is 0 Å². The average molecular weight is 390 g/mol. The Morgan fingerprint density at radius 1 is 1.07 bits per heavy atom. The maximum atomic E-state index is 12.3. The summed E-state index contributed by atoms with van der Waals surface area (Å²) in [6, 6.07) is 10.3. The molecule has 2 amide bonds. The Morgan fingerprint density at radius 2 is 1.70 bits per heavy atom. The molecule has 0 aromatic heterocycles. The summed E-state index contributed by atoms with van der Waals surface area (Å²) in [5.41, 5.74) is 1.09. The van der Waals surface area contributed by atoms with Gasteiger partial charge in [-0.3, -0.25) is 19.7 Å². The van der Waals surface area contributed by atoms with Crippen LogP contribution in [-0.2, 0) is 4.79 Å². The molecule has 27 heavy (non-hydrogen) atoms. The van der Waals surface area contributed by atoms with Crippen molar-refractivity contribution < 1.29 is 14.5 Å². The van der Waals surface area contributed by atoms with Crippen LogP contribution >= 0.6 is 11.6 Å². The first kappa shape index (κ1) is 20.4. The summed E-state index contributed by atoms with van der Waals surface area (Å²) in [5.74, 6) is -0.504. The number of benzene rings is 2. The summed E-state index contributed by atoms with van der Waals surface area (Å²) >= 11 is 5.98. The summed E-state index contributed by atoms with van der Waals surface area (Å²) in [5, 5.41) is 16.2. The van der Waals surface area contributed by atoms with Crippen LogP contribution in [0.5, 0.6) is 0 Å². The van der Waals surface area contributed by atoms with E-state index in [1.807, 2.05) is 13.8 Å². The van der Waals surface area contributed by atoms with Crippen LogP contribution in [-0.4, -0.2) is 16.7 Å². The number of hydrogen-bond acceptors (Lipinski definition) is 4. The minimum Gasteiger partial charge on any atom is -0.326 e. The second kappa shape index (κ2) is 9.14. The van der Waals surface area contributed by atoms with Gasteiger partial charge in [0.05, 0.1) is 15.6 Å². The van der Waals surface area contributed by atoms with Gasteiger partial charge in [-0.2, -0.15) is 0 Å². The largest absolute Gasteiger partial charge is 0.326 e. The van der Waals surface area contributed by atoms with Gasteiger partial charge in [-0.15, -0.1) is 0 Å². The molecule has 0 heterocycles. The van der Waals surface area contributed by atoms with Gasteiger partial charge in [0.1, 0.15) is 0 Å². The Morgan fingerprint density at radius 3 is 2.22 bits per heavy atom. The lowest BCUT2D eigenvalue weighted by atomic mass is 10.0. The summed E-state index contributed by atoms with van der Waals surface area (Å²) < 4.78 is 0. The number of rotatable bonds is 7. The SMILES string of the molecule is CCC(CC)C(=O)Nc1ccc(C(=O)Nc2ccc([N+](=O)[O-])cc2Cl)cc1. The molecule has 0 fully saturated rings. The van der Waals surface area contributed by atoms with Gasteiger partial charge in [0, 0.05) is 29.3 Å². The van der Waals surface area contributed by atoms with Crippen molar-refractivity contribution in [2.24, 2.45) is 5.92 Å². The fourth-order valence-corrected chi connectivity index (χ4v) is 2.74. The predicted octanol–water partition coefficient (Wildman–Crippen LogP) is 4.88. The van der Waals surface area contributed by atoms with E-state index < -0.39 is 10.8 Å². The van der Waals surface area contributed by atoms with Crippen LogP contribution in [0, 0.1) is 16.0 Å². The lowest BCUT2D eigenvalue weighted by molar-refractivity contribution is -0.384. The number of anilines is 2. The number of amides is 2. The molecule has 0 atom stereocenters. The van der Waals surface area contributed by atoms with E-state index in [1.54, 1.807) is 24.3 Å². The zero-order valence-electron chi connectivity index (χ0n) is 15.0. The first-order chi connectivity index (χ1) is 12.8. The molecule has 142 valence electrons. The van der Waals surface area contributed by atoms with Crippen molar-refractivity contribution in [3.05, 3.63) is 63.2 Å². The number of carbonyl (C=O) groups is 2. The molecule has 0 saturated heterocycles. The Balaban J connectivity index is 2.05. The molecular weight excluding hydrogens is 370 g/mol. The Kier molecular flexibility index (Phi) is 6.90. The van der Waals surface area contributed by atoms with E-state index >= 15 is 0 Å². The topological polar surface area (TPSA) is 101 Å². The van der Waals surface area contributed by atoms with Crippen molar-refractivity contribution in [3.63, 3.8) is 0 Å². The number of non-ortho nitro benzene ring substituents is 1. The van der Waals surface area contributed by atoms with Gasteiger partial charge in [0.25, 0.3) is 11.6 Å². The lowest BCUT2D eigenvalue weighted by Crippen LogP contribution is -2.21. The number of nitro groups is 1. The fraction of sp³-hybridized carbons (Fsp3) is 0.263. The molecule has 2 aromatic carbocycles. The highest BCUT2D eigenvalue weighted by Gasteiger charge is 2.15. The zero-order chi connectivity index (χ0) is 20.0. The zero-order valence-corrected chi connectivity index (χ0v) is 15.7. The van der Waals surface area contributed by atoms with Crippen LogP contribution in [0.25, 0.3) is 0 Å². The van der Waals surface area contributed by atoms with E-state index in [0.29, 0.717) is 11.3 Å². The van der Waals surface area contributed by atoms with E-state index in [4.69, 9.17) is 11.6 Å². The second-order valence-corrected chi connectivity index (χ2v) is 6.36. The number of halogens is 1. The molecule has 2 aromatic rings. The quantitative estimate of drug-likeness (QED) is 0.520. The molecule has 0 aliphatic carbocycles. The van der Waals surface area contributed by atoms with Gasteiger partial charge in [-0.05, 0) is 43.2 Å². The summed E-state index contributed by atoms with van der Waals surface area (Å²) in [7, 11) is 0. The normalized spacial score (nSPS) is 10.5.